The topological polar surface area (TPSA) is 79.2 Å². The monoisotopic (exact) mass is 192 g/mol. The molecule has 0 heterocycles. The van der Waals surface area contributed by atoms with Crippen LogP contribution in [0.4, 0.5) is 0 Å². The lowest BCUT2D eigenvalue weighted by Crippen LogP contribution is -2.21. The summed E-state index contributed by atoms with van der Waals surface area (Å²) in [5, 5.41) is 0. The highest BCUT2D eigenvalue weighted by atomic mass is 16.5. The average Bonchev–Trinajstić information content (AvgIpc) is 1.55. The average molecular weight is 192 g/mol. The Morgan fingerprint density at radius 2 is 0.923 bits per heavy atom. The van der Waals surface area contributed by atoms with Crippen molar-refractivity contribution >= 4 is 0 Å². The van der Waals surface area contributed by atoms with Gasteiger partial charge in [0.2, 0.25) is 0 Å². The molecule has 0 rings (SSSR count). The van der Waals surface area contributed by atoms with Crippen molar-refractivity contribution in [3.8, 4) is 0 Å². The van der Waals surface area contributed by atoms with E-state index in [9.17, 15) is 0 Å². The highest BCUT2D eigenvalue weighted by Gasteiger charge is 2.14. The Morgan fingerprint density at radius 1 is 0.692 bits per heavy atom. The Morgan fingerprint density at radius 3 is 1.08 bits per heavy atom. The van der Waals surface area contributed by atoms with Gasteiger partial charge in [0, 0.05) is 0 Å². The van der Waals surface area contributed by atoms with Crippen LogP contribution in [0.5, 0.6) is 0 Å². The van der Waals surface area contributed by atoms with Crippen LogP contribution in [0, 0.1) is 10.8 Å². The fourth-order valence-electron chi connectivity index (χ4n) is 0.663. The fraction of sp³-hybridized carbons (Fsp3) is 1.00. The molecule has 0 atom stereocenters. The first-order chi connectivity index (χ1) is 4.71. The third-order valence-corrected chi connectivity index (χ3v) is 1.07. The van der Waals surface area contributed by atoms with E-state index in [0.29, 0.717) is 10.8 Å². The molecule has 84 valence electrons. The Bertz CT molecular complexity index is 97.1. The molecule has 0 unspecified atom stereocenters. The van der Waals surface area contributed by atoms with Crippen LogP contribution in [0.1, 0.15) is 41.5 Å². The zero-order valence-electron chi connectivity index (χ0n) is 10.2. The van der Waals surface area contributed by atoms with Gasteiger partial charge in [-0.3, -0.25) is 0 Å². The number of rotatable bonds is 2. The third kappa shape index (κ3) is 18.7. The van der Waals surface area contributed by atoms with E-state index < -0.39 is 0 Å². The number of ether oxygens (including phenoxy) is 1. The molecule has 0 amide bonds. The summed E-state index contributed by atoms with van der Waals surface area (Å²) in [5.74, 6) is 0. The van der Waals surface area contributed by atoms with Crippen molar-refractivity contribution in [2.75, 3.05) is 13.2 Å². The minimum absolute atomic E-state index is 0. The van der Waals surface area contributed by atoms with Crippen LogP contribution in [0.2, 0.25) is 0 Å². The number of hydrogen-bond donors (Lipinski definition) is 2. The Kier molecular flexibility index (Phi) is 9.10. The van der Waals surface area contributed by atoms with Gasteiger partial charge in [0.1, 0.15) is 0 Å². The van der Waals surface area contributed by atoms with Gasteiger partial charge >= 0.3 is 0 Å². The van der Waals surface area contributed by atoms with E-state index in [4.69, 9.17) is 4.74 Å². The first-order valence-corrected chi connectivity index (χ1v) is 4.28. The molecule has 6 N–H and O–H groups in total. The molecule has 0 spiro atoms. The van der Waals surface area contributed by atoms with E-state index in [1.54, 1.807) is 0 Å². The minimum Gasteiger partial charge on any atom is -0.380 e. The lowest BCUT2D eigenvalue weighted by molar-refractivity contribution is 0.0275. The van der Waals surface area contributed by atoms with Crippen molar-refractivity contribution in [2.24, 2.45) is 10.8 Å². The van der Waals surface area contributed by atoms with Crippen LogP contribution in [-0.4, -0.2) is 13.2 Å². The van der Waals surface area contributed by atoms with E-state index in [0.717, 1.165) is 13.2 Å². The van der Waals surface area contributed by atoms with Gasteiger partial charge in [0.25, 0.3) is 0 Å². The minimum atomic E-state index is 0. The van der Waals surface area contributed by atoms with Crippen molar-refractivity contribution in [3.63, 3.8) is 0 Å². The molecule has 0 aliphatic carbocycles. The van der Waals surface area contributed by atoms with Crippen LogP contribution in [-0.2, 0) is 4.74 Å². The van der Waals surface area contributed by atoms with E-state index in [1.165, 1.54) is 0 Å². The summed E-state index contributed by atoms with van der Waals surface area (Å²) >= 11 is 0. The predicted molar refractivity (Wildman–Crippen MR) is 59.8 cm³/mol. The van der Waals surface area contributed by atoms with Gasteiger partial charge in [-0.25, -0.2) is 0 Å². The van der Waals surface area contributed by atoms with E-state index in [2.05, 4.69) is 41.5 Å². The lowest BCUT2D eigenvalue weighted by atomic mass is 9.97. The van der Waals surface area contributed by atoms with E-state index in [1.807, 2.05) is 0 Å². The van der Waals surface area contributed by atoms with Crippen LogP contribution >= 0.6 is 0 Å². The molecule has 0 aromatic rings. The second-order valence-corrected chi connectivity index (χ2v) is 5.61. The Labute approximate surface area is 83.4 Å². The van der Waals surface area contributed by atoms with Crippen molar-refractivity contribution in [1.82, 2.24) is 12.3 Å². The van der Waals surface area contributed by atoms with Gasteiger partial charge in [-0.05, 0) is 10.8 Å². The molecule has 0 aromatic heterocycles. The lowest BCUT2D eigenvalue weighted by Gasteiger charge is -2.23. The smallest absolute Gasteiger partial charge is 0.0514 e. The maximum absolute atomic E-state index is 5.56. The summed E-state index contributed by atoms with van der Waals surface area (Å²) in [4.78, 5) is 0. The molecule has 0 radical (unpaired) electrons. The maximum Gasteiger partial charge on any atom is 0.0514 e. The van der Waals surface area contributed by atoms with Gasteiger partial charge in [-0.15, -0.1) is 0 Å². The van der Waals surface area contributed by atoms with Crippen molar-refractivity contribution in [2.45, 2.75) is 41.5 Å². The second kappa shape index (κ2) is 6.35. The molecule has 0 aliphatic heterocycles. The molecule has 0 aliphatic rings. The second-order valence-electron chi connectivity index (χ2n) is 5.61. The summed E-state index contributed by atoms with van der Waals surface area (Å²) in [6.07, 6.45) is 0. The highest BCUT2D eigenvalue weighted by Crippen LogP contribution is 2.17. The van der Waals surface area contributed by atoms with Crippen molar-refractivity contribution in [3.05, 3.63) is 0 Å². The molecule has 0 bridgehead atoms. The largest absolute Gasteiger partial charge is 0.380 e. The van der Waals surface area contributed by atoms with Gasteiger partial charge < -0.3 is 17.0 Å². The van der Waals surface area contributed by atoms with Crippen LogP contribution in [0.3, 0.4) is 0 Å². The maximum atomic E-state index is 5.56. The molecular formula is C10H28N2O. The van der Waals surface area contributed by atoms with Crippen molar-refractivity contribution in [1.29, 1.82) is 0 Å². The first kappa shape index (κ1) is 18.6. The van der Waals surface area contributed by atoms with Crippen LogP contribution in [0.15, 0.2) is 0 Å². The predicted octanol–water partition coefficient (Wildman–Crippen LogP) is 3.42. The summed E-state index contributed by atoms with van der Waals surface area (Å²) in [6, 6.07) is 0. The molecular weight excluding hydrogens is 164 g/mol. The first-order valence-electron chi connectivity index (χ1n) is 4.28. The molecule has 0 aromatic carbocycles. The summed E-state index contributed by atoms with van der Waals surface area (Å²) in [5.41, 5.74) is 0.594. The van der Waals surface area contributed by atoms with Gasteiger partial charge in [-0.1, -0.05) is 41.5 Å². The van der Waals surface area contributed by atoms with Gasteiger partial charge in [-0.2, -0.15) is 0 Å². The SMILES string of the molecule is CC(C)(C)COCC(C)(C)C.N.N. The highest BCUT2D eigenvalue weighted by molar-refractivity contribution is 4.63. The van der Waals surface area contributed by atoms with Gasteiger partial charge in [0.05, 0.1) is 13.2 Å². The number of hydrogen-bond acceptors (Lipinski definition) is 3. The summed E-state index contributed by atoms with van der Waals surface area (Å²) in [6.45, 7) is 14.8. The van der Waals surface area contributed by atoms with Crippen LogP contribution < -0.4 is 12.3 Å². The normalized spacial score (nSPS) is 11.5. The molecule has 3 heteroatoms. The molecule has 0 saturated carbocycles. The van der Waals surface area contributed by atoms with Crippen LogP contribution in [0.25, 0.3) is 0 Å². The Balaban J connectivity index is -0.000000500. The molecule has 3 nitrogen and oxygen atoms in total. The zero-order chi connectivity index (χ0) is 9.12. The zero-order valence-corrected chi connectivity index (χ0v) is 10.2. The molecule has 13 heavy (non-hydrogen) atoms. The third-order valence-electron chi connectivity index (χ3n) is 1.07. The van der Waals surface area contributed by atoms with Gasteiger partial charge in [0.15, 0.2) is 0 Å². The standard InChI is InChI=1S/C10H22O.2H3N/c1-9(2,3)7-11-8-10(4,5)6;;/h7-8H2,1-6H3;2*1H3. The fourth-order valence-corrected chi connectivity index (χ4v) is 0.663. The Hall–Kier alpha value is -0.120. The summed E-state index contributed by atoms with van der Waals surface area (Å²) in [7, 11) is 0. The molecule has 0 fully saturated rings. The van der Waals surface area contributed by atoms with E-state index in [-0.39, 0.29) is 12.3 Å². The van der Waals surface area contributed by atoms with E-state index >= 15 is 0 Å². The van der Waals surface area contributed by atoms with Crippen molar-refractivity contribution < 1.29 is 4.74 Å². The molecule has 0 saturated heterocycles. The quantitative estimate of drug-likeness (QED) is 0.703. The summed E-state index contributed by atoms with van der Waals surface area (Å²) < 4.78 is 5.56.